The Bertz CT molecular complexity index is 575. The molecule has 2 heterocycles. The molecule has 1 saturated heterocycles. The van der Waals surface area contributed by atoms with Crippen LogP contribution in [-0.4, -0.2) is 59.6 Å². The molecule has 0 radical (unpaired) electrons. The van der Waals surface area contributed by atoms with Crippen LogP contribution >= 0.6 is 24.0 Å². The van der Waals surface area contributed by atoms with Gasteiger partial charge in [0.1, 0.15) is 0 Å². The van der Waals surface area contributed by atoms with Crippen LogP contribution in [0.3, 0.4) is 0 Å². The van der Waals surface area contributed by atoms with Crippen molar-refractivity contribution >= 4 is 35.8 Å². The molecule has 1 atom stereocenters. The fraction of sp³-hybridized carbons (Fsp3) is 0.750. The Morgan fingerprint density at radius 2 is 2.24 bits per heavy atom. The van der Waals surface area contributed by atoms with E-state index in [4.69, 9.17) is 4.52 Å². The number of carbonyl (C=O) groups is 1. The summed E-state index contributed by atoms with van der Waals surface area (Å²) in [6.07, 6.45) is 2.14. The number of halogens is 1. The minimum atomic E-state index is 0. The highest BCUT2D eigenvalue weighted by molar-refractivity contribution is 14.0. The Hall–Kier alpha value is -1.39. The van der Waals surface area contributed by atoms with Gasteiger partial charge in [0.15, 0.2) is 11.8 Å². The average molecular weight is 464 g/mol. The third-order valence-corrected chi connectivity index (χ3v) is 4.04. The van der Waals surface area contributed by atoms with Crippen molar-refractivity contribution < 1.29 is 9.32 Å². The van der Waals surface area contributed by atoms with Gasteiger partial charge in [0.05, 0.1) is 0 Å². The lowest BCUT2D eigenvalue weighted by Crippen LogP contribution is -2.45. The lowest BCUT2D eigenvalue weighted by molar-refractivity contribution is -0.129. The first kappa shape index (κ1) is 21.7. The van der Waals surface area contributed by atoms with Gasteiger partial charge < -0.3 is 20.1 Å². The minimum absolute atomic E-state index is 0. The van der Waals surface area contributed by atoms with Gasteiger partial charge in [0.2, 0.25) is 11.8 Å². The van der Waals surface area contributed by atoms with Crippen LogP contribution < -0.4 is 10.6 Å². The number of guanidine groups is 1. The first-order valence-corrected chi connectivity index (χ1v) is 8.60. The summed E-state index contributed by atoms with van der Waals surface area (Å²) in [4.78, 5) is 22.2. The molecule has 8 nitrogen and oxygen atoms in total. The Labute approximate surface area is 166 Å². The van der Waals surface area contributed by atoms with E-state index in [1.54, 1.807) is 7.05 Å². The molecule has 1 aromatic heterocycles. The van der Waals surface area contributed by atoms with Gasteiger partial charge in [-0.05, 0) is 6.42 Å². The molecular weight excluding hydrogens is 435 g/mol. The second-order valence-electron chi connectivity index (χ2n) is 6.27. The second-order valence-corrected chi connectivity index (χ2v) is 6.27. The van der Waals surface area contributed by atoms with E-state index in [0.717, 1.165) is 31.3 Å². The molecule has 0 bridgehead atoms. The topological polar surface area (TPSA) is 95.7 Å². The van der Waals surface area contributed by atoms with Gasteiger partial charge in [-0.25, -0.2) is 0 Å². The van der Waals surface area contributed by atoms with Crippen LogP contribution in [0.1, 0.15) is 51.2 Å². The fourth-order valence-corrected chi connectivity index (χ4v) is 2.61. The average Bonchev–Trinajstić information content (AvgIpc) is 3.22. The van der Waals surface area contributed by atoms with Gasteiger partial charge in [-0.3, -0.25) is 9.79 Å². The molecule has 25 heavy (non-hydrogen) atoms. The molecular formula is C16H29IN6O2. The van der Waals surface area contributed by atoms with E-state index in [-0.39, 0.29) is 41.8 Å². The number of likely N-dealkylation sites (tertiary alicyclic amines) is 1. The van der Waals surface area contributed by atoms with Crippen LogP contribution in [0.2, 0.25) is 0 Å². The van der Waals surface area contributed by atoms with Crippen molar-refractivity contribution in [3.63, 3.8) is 0 Å². The van der Waals surface area contributed by atoms with E-state index < -0.39 is 0 Å². The van der Waals surface area contributed by atoms with Gasteiger partial charge >= 0.3 is 0 Å². The largest absolute Gasteiger partial charge is 0.356 e. The molecule has 1 aliphatic heterocycles. The third kappa shape index (κ3) is 6.44. The van der Waals surface area contributed by atoms with E-state index in [1.807, 2.05) is 25.7 Å². The molecule has 9 heteroatoms. The Morgan fingerprint density at radius 1 is 1.48 bits per heavy atom. The normalized spacial score (nSPS) is 17.6. The molecule has 0 aliphatic carbocycles. The van der Waals surface area contributed by atoms with Crippen molar-refractivity contribution in [3.8, 4) is 0 Å². The minimum Gasteiger partial charge on any atom is -0.356 e. The molecule has 142 valence electrons. The maximum atomic E-state index is 11.7. The van der Waals surface area contributed by atoms with Crippen LogP contribution in [-0.2, 0) is 11.2 Å². The van der Waals surface area contributed by atoms with Crippen LogP contribution in [0.5, 0.6) is 0 Å². The van der Waals surface area contributed by atoms with Crippen molar-refractivity contribution in [2.45, 2.75) is 52.0 Å². The summed E-state index contributed by atoms with van der Waals surface area (Å²) in [6.45, 7) is 8.16. The molecule has 1 fully saturated rings. The molecule has 0 aromatic carbocycles. The van der Waals surface area contributed by atoms with E-state index in [1.165, 1.54) is 0 Å². The summed E-state index contributed by atoms with van der Waals surface area (Å²) >= 11 is 0. The summed E-state index contributed by atoms with van der Waals surface area (Å²) in [5.74, 6) is 2.57. The molecule has 1 amide bonds. The number of hydrogen-bond donors (Lipinski definition) is 2. The second kappa shape index (κ2) is 10.6. The van der Waals surface area contributed by atoms with Crippen molar-refractivity contribution in [2.24, 2.45) is 4.99 Å². The zero-order chi connectivity index (χ0) is 17.5. The van der Waals surface area contributed by atoms with Crippen molar-refractivity contribution in [3.05, 3.63) is 11.7 Å². The third-order valence-electron chi connectivity index (χ3n) is 4.04. The number of amides is 1. The first-order valence-electron chi connectivity index (χ1n) is 8.60. The van der Waals surface area contributed by atoms with E-state index in [2.05, 4.69) is 25.8 Å². The smallest absolute Gasteiger partial charge is 0.228 e. The molecule has 0 spiro atoms. The van der Waals surface area contributed by atoms with Gasteiger partial charge in [-0.15, -0.1) is 24.0 Å². The summed E-state index contributed by atoms with van der Waals surface area (Å²) in [6, 6.07) is 0.239. The van der Waals surface area contributed by atoms with Crippen LogP contribution in [0.15, 0.2) is 9.52 Å². The molecule has 1 unspecified atom stereocenters. The van der Waals surface area contributed by atoms with Crippen molar-refractivity contribution in [1.29, 1.82) is 0 Å². The molecule has 2 N–H and O–H groups in total. The SMILES string of the molecule is CCC(=O)N1CCC(NC(=NC)NCCc2nc(C(C)C)no2)C1.I. The van der Waals surface area contributed by atoms with Crippen LogP contribution in [0.4, 0.5) is 0 Å². The number of nitrogens with zero attached hydrogens (tertiary/aromatic N) is 4. The summed E-state index contributed by atoms with van der Waals surface area (Å²) in [7, 11) is 1.74. The van der Waals surface area contributed by atoms with Crippen LogP contribution in [0.25, 0.3) is 0 Å². The zero-order valence-corrected chi connectivity index (χ0v) is 17.7. The van der Waals surface area contributed by atoms with Gasteiger partial charge in [0.25, 0.3) is 0 Å². The summed E-state index contributed by atoms with van der Waals surface area (Å²) in [5, 5.41) is 10.6. The number of nitrogens with one attached hydrogen (secondary N) is 2. The summed E-state index contributed by atoms with van der Waals surface area (Å²) < 4.78 is 5.22. The standard InChI is InChI=1S/C16H28N6O2.HI/c1-5-14(23)22-9-7-12(10-22)19-16(17-4)18-8-6-13-20-15(11(2)3)21-24-13;/h11-12H,5-10H2,1-4H3,(H2,17,18,19);1H. The Balaban J connectivity index is 0.00000312. The van der Waals surface area contributed by atoms with E-state index >= 15 is 0 Å². The quantitative estimate of drug-likeness (QED) is 0.377. The molecule has 2 rings (SSSR count). The zero-order valence-electron chi connectivity index (χ0n) is 15.4. The van der Waals surface area contributed by atoms with Gasteiger partial charge in [-0.1, -0.05) is 25.9 Å². The lowest BCUT2D eigenvalue weighted by Gasteiger charge is -2.18. The first-order chi connectivity index (χ1) is 11.5. The van der Waals surface area contributed by atoms with Crippen molar-refractivity contribution in [2.75, 3.05) is 26.7 Å². The fourth-order valence-electron chi connectivity index (χ4n) is 2.61. The van der Waals surface area contributed by atoms with Crippen molar-refractivity contribution in [1.82, 2.24) is 25.7 Å². The van der Waals surface area contributed by atoms with Crippen LogP contribution in [0, 0.1) is 0 Å². The predicted molar refractivity (Wildman–Crippen MR) is 107 cm³/mol. The van der Waals surface area contributed by atoms with E-state index in [9.17, 15) is 4.79 Å². The Kier molecular flexibility index (Phi) is 9.15. The molecule has 0 saturated carbocycles. The highest BCUT2D eigenvalue weighted by atomic mass is 127. The number of aromatic nitrogens is 2. The molecule has 1 aromatic rings. The van der Waals surface area contributed by atoms with Gasteiger partial charge in [0, 0.05) is 51.5 Å². The number of aliphatic imine (C=N–C) groups is 1. The number of hydrogen-bond acceptors (Lipinski definition) is 5. The highest BCUT2D eigenvalue weighted by Gasteiger charge is 2.25. The molecule has 1 aliphatic rings. The number of carbonyl (C=O) groups excluding carboxylic acids is 1. The van der Waals surface area contributed by atoms with Gasteiger partial charge in [-0.2, -0.15) is 4.98 Å². The maximum Gasteiger partial charge on any atom is 0.228 e. The lowest BCUT2D eigenvalue weighted by atomic mass is 10.2. The number of rotatable bonds is 6. The predicted octanol–water partition coefficient (Wildman–Crippen LogP) is 1.53. The Morgan fingerprint density at radius 3 is 2.84 bits per heavy atom. The van der Waals surface area contributed by atoms with E-state index in [0.29, 0.717) is 25.3 Å². The highest BCUT2D eigenvalue weighted by Crippen LogP contribution is 2.11. The maximum absolute atomic E-state index is 11.7. The monoisotopic (exact) mass is 464 g/mol. The summed E-state index contributed by atoms with van der Waals surface area (Å²) in [5.41, 5.74) is 0.